The Hall–Kier alpha value is -2.53. The van der Waals surface area contributed by atoms with Gasteiger partial charge in [-0.2, -0.15) is 0 Å². The molecule has 144 valence electrons. The normalized spacial score (nSPS) is 16.8. The fourth-order valence-corrected chi connectivity index (χ4v) is 4.21. The molecule has 0 bridgehead atoms. The minimum absolute atomic E-state index is 0.0837. The summed E-state index contributed by atoms with van der Waals surface area (Å²) in [5, 5.41) is 1.94. The molecule has 0 aliphatic carbocycles. The fraction of sp³-hybridized carbons (Fsp3) is 0.0435. The lowest BCUT2D eigenvalue weighted by molar-refractivity contribution is -0.122. The predicted molar refractivity (Wildman–Crippen MR) is 123 cm³/mol. The molecule has 3 aromatic carbocycles. The number of benzene rings is 3. The highest BCUT2D eigenvalue weighted by molar-refractivity contribution is 8.18. The van der Waals surface area contributed by atoms with Crippen LogP contribution in [0, 0.1) is 0 Å². The average molecular weight is 439 g/mol. The van der Waals surface area contributed by atoms with Gasteiger partial charge < -0.3 is 0 Å². The molecule has 29 heavy (non-hydrogen) atoms. The maximum Gasteiger partial charge on any atom is 0.267 e. The summed E-state index contributed by atoms with van der Waals surface area (Å²) in [6.07, 6.45) is 1.86. The molecular formula is C23H16Cl2N2OS. The van der Waals surface area contributed by atoms with Crippen molar-refractivity contribution in [2.75, 3.05) is 0 Å². The summed E-state index contributed by atoms with van der Waals surface area (Å²) in [5.74, 6) is -0.0837. The second-order valence-corrected chi connectivity index (χ2v) is 8.30. The Kier molecular flexibility index (Phi) is 6.05. The van der Waals surface area contributed by atoms with Crippen molar-refractivity contribution < 1.29 is 4.79 Å². The minimum atomic E-state index is -0.0837. The van der Waals surface area contributed by atoms with Crippen molar-refractivity contribution in [3.05, 3.63) is 105 Å². The van der Waals surface area contributed by atoms with E-state index < -0.39 is 0 Å². The van der Waals surface area contributed by atoms with Crippen molar-refractivity contribution in [2.45, 2.75) is 6.54 Å². The SMILES string of the molecule is O=C1C(=Cc2ccc(Cl)cc2)SC(=Nc2ccccc2)N1Cc1cccc(Cl)c1. The molecule has 3 nitrogen and oxygen atoms in total. The molecule has 0 N–H and O–H groups in total. The summed E-state index contributed by atoms with van der Waals surface area (Å²) >= 11 is 13.5. The van der Waals surface area contributed by atoms with E-state index in [0.717, 1.165) is 16.8 Å². The van der Waals surface area contributed by atoms with Gasteiger partial charge in [0.15, 0.2) is 5.17 Å². The summed E-state index contributed by atoms with van der Waals surface area (Å²) in [6, 6.07) is 24.5. The number of thioether (sulfide) groups is 1. The van der Waals surface area contributed by atoms with Crippen LogP contribution in [0.3, 0.4) is 0 Å². The van der Waals surface area contributed by atoms with Crippen molar-refractivity contribution in [2.24, 2.45) is 4.99 Å². The first-order chi connectivity index (χ1) is 14.1. The zero-order valence-corrected chi connectivity index (χ0v) is 17.6. The van der Waals surface area contributed by atoms with Gasteiger partial charge in [-0.05, 0) is 65.4 Å². The van der Waals surface area contributed by atoms with E-state index >= 15 is 0 Å². The number of nitrogens with zero attached hydrogens (tertiary/aromatic N) is 2. The number of amidine groups is 1. The maximum atomic E-state index is 13.2. The Balaban J connectivity index is 1.69. The lowest BCUT2D eigenvalue weighted by Crippen LogP contribution is -2.28. The van der Waals surface area contributed by atoms with Gasteiger partial charge in [0.05, 0.1) is 17.1 Å². The van der Waals surface area contributed by atoms with E-state index in [2.05, 4.69) is 0 Å². The van der Waals surface area contributed by atoms with Gasteiger partial charge in [0.2, 0.25) is 0 Å². The highest BCUT2D eigenvalue weighted by Crippen LogP contribution is 2.35. The van der Waals surface area contributed by atoms with Crippen LogP contribution in [0.2, 0.25) is 10.0 Å². The molecule has 0 unspecified atom stereocenters. The van der Waals surface area contributed by atoms with Gasteiger partial charge in [0.25, 0.3) is 5.91 Å². The van der Waals surface area contributed by atoms with Gasteiger partial charge in [0.1, 0.15) is 0 Å². The van der Waals surface area contributed by atoms with Crippen LogP contribution >= 0.6 is 35.0 Å². The van der Waals surface area contributed by atoms with Gasteiger partial charge in [-0.25, -0.2) is 4.99 Å². The summed E-state index contributed by atoms with van der Waals surface area (Å²) in [5.41, 5.74) is 2.65. The lowest BCUT2D eigenvalue weighted by Gasteiger charge is -2.16. The zero-order valence-electron chi connectivity index (χ0n) is 15.3. The Morgan fingerprint density at radius 3 is 2.38 bits per heavy atom. The van der Waals surface area contributed by atoms with E-state index in [9.17, 15) is 4.79 Å². The molecular weight excluding hydrogens is 423 g/mol. The van der Waals surface area contributed by atoms with Crippen LogP contribution in [-0.4, -0.2) is 16.0 Å². The Bertz CT molecular complexity index is 1100. The van der Waals surface area contributed by atoms with Crippen LogP contribution in [0.1, 0.15) is 11.1 Å². The second-order valence-electron chi connectivity index (χ2n) is 6.41. The molecule has 0 saturated carbocycles. The molecule has 1 amide bonds. The lowest BCUT2D eigenvalue weighted by atomic mass is 10.2. The van der Waals surface area contributed by atoms with Crippen LogP contribution in [0.4, 0.5) is 5.69 Å². The molecule has 3 aromatic rings. The summed E-state index contributed by atoms with van der Waals surface area (Å²) in [6.45, 7) is 0.399. The van der Waals surface area contributed by atoms with Gasteiger partial charge in [-0.3, -0.25) is 9.69 Å². The zero-order chi connectivity index (χ0) is 20.2. The molecule has 1 aliphatic heterocycles. The van der Waals surface area contributed by atoms with Crippen molar-refractivity contribution in [1.29, 1.82) is 0 Å². The number of amides is 1. The Morgan fingerprint density at radius 2 is 1.66 bits per heavy atom. The van der Waals surface area contributed by atoms with E-state index in [4.69, 9.17) is 28.2 Å². The van der Waals surface area contributed by atoms with Crippen molar-refractivity contribution in [3.8, 4) is 0 Å². The standard InChI is InChI=1S/C23H16Cl2N2OS/c24-18-11-9-16(10-12-18)14-21-22(28)27(15-17-5-4-6-19(25)13-17)23(29-21)26-20-7-2-1-3-8-20/h1-14H,15H2. The van der Waals surface area contributed by atoms with Crippen LogP contribution in [0.15, 0.2) is 88.8 Å². The maximum absolute atomic E-state index is 13.2. The molecule has 6 heteroatoms. The molecule has 1 heterocycles. The molecule has 1 fully saturated rings. The predicted octanol–water partition coefficient (Wildman–Crippen LogP) is 6.80. The molecule has 0 aromatic heterocycles. The van der Waals surface area contributed by atoms with Crippen LogP contribution < -0.4 is 0 Å². The van der Waals surface area contributed by atoms with Gasteiger partial charge >= 0.3 is 0 Å². The molecule has 1 aliphatic rings. The quantitative estimate of drug-likeness (QED) is 0.419. The van der Waals surface area contributed by atoms with Crippen LogP contribution in [0.5, 0.6) is 0 Å². The number of hydrogen-bond donors (Lipinski definition) is 0. The number of halogens is 2. The number of carbonyl (C=O) groups excluding carboxylic acids is 1. The number of para-hydroxylation sites is 1. The number of hydrogen-bond acceptors (Lipinski definition) is 3. The third-order valence-electron chi connectivity index (χ3n) is 4.27. The van der Waals surface area contributed by atoms with E-state index in [0.29, 0.717) is 26.7 Å². The highest BCUT2D eigenvalue weighted by atomic mass is 35.5. The third-order valence-corrected chi connectivity index (χ3v) is 5.76. The number of aliphatic imine (C=N–C) groups is 1. The number of rotatable bonds is 4. The van der Waals surface area contributed by atoms with E-state index in [1.54, 1.807) is 17.0 Å². The van der Waals surface area contributed by atoms with Crippen molar-refractivity contribution in [3.63, 3.8) is 0 Å². The van der Waals surface area contributed by atoms with Crippen molar-refractivity contribution in [1.82, 2.24) is 4.90 Å². The number of carbonyl (C=O) groups is 1. The second kappa shape index (κ2) is 8.87. The average Bonchev–Trinajstić information content (AvgIpc) is 2.99. The van der Waals surface area contributed by atoms with Gasteiger partial charge in [-0.1, -0.05) is 65.7 Å². The fourth-order valence-electron chi connectivity index (χ4n) is 2.87. The minimum Gasteiger partial charge on any atom is -0.282 e. The van der Waals surface area contributed by atoms with Gasteiger partial charge in [0, 0.05) is 10.0 Å². The van der Waals surface area contributed by atoms with Crippen molar-refractivity contribution >= 4 is 57.8 Å². The first-order valence-electron chi connectivity index (χ1n) is 8.94. The largest absolute Gasteiger partial charge is 0.282 e. The summed E-state index contributed by atoms with van der Waals surface area (Å²) in [7, 11) is 0. The molecule has 4 rings (SSSR count). The highest BCUT2D eigenvalue weighted by Gasteiger charge is 2.33. The van der Waals surface area contributed by atoms with Crippen LogP contribution in [-0.2, 0) is 11.3 Å². The summed E-state index contributed by atoms with van der Waals surface area (Å²) in [4.78, 5) is 20.2. The van der Waals surface area contributed by atoms with E-state index in [-0.39, 0.29) is 5.91 Å². The van der Waals surface area contributed by atoms with E-state index in [1.165, 1.54) is 11.8 Å². The smallest absolute Gasteiger partial charge is 0.267 e. The molecule has 0 radical (unpaired) electrons. The van der Waals surface area contributed by atoms with Gasteiger partial charge in [-0.15, -0.1) is 0 Å². The first-order valence-corrected chi connectivity index (χ1v) is 10.5. The molecule has 0 spiro atoms. The monoisotopic (exact) mass is 438 g/mol. The van der Waals surface area contributed by atoms with E-state index in [1.807, 2.05) is 72.8 Å². The topological polar surface area (TPSA) is 32.7 Å². The first kappa shape index (κ1) is 19.8. The summed E-state index contributed by atoms with van der Waals surface area (Å²) < 4.78 is 0. The van der Waals surface area contributed by atoms with Crippen LogP contribution in [0.25, 0.3) is 6.08 Å². The Morgan fingerprint density at radius 1 is 0.897 bits per heavy atom. The molecule has 1 saturated heterocycles. The Labute approximate surface area is 183 Å². The molecule has 0 atom stereocenters. The third kappa shape index (κ3) is 4.91.